The van der Waals surface area contributed by atoms with Crippen LogP contribution >= 0.6 is 11.8 Å². The third-order valence-corrected chi connectivity index (χ3v) is 4.45. The minimum Gasteiger partial charge on any atom is -0.344 e. The molecular weight excluding hydrogens is 338 g/mol. The molecule has 3 aromatic rings. The van der Waals surface area contributed by atoms with Gasteiger partial charge in [-0.05, 0) is 36.6 Å². The van der Waals surface area contributed by atoms with Crippen LogP contribution in [0.2, 0.25) is 0 Å². The van der Waals surface area contributed by atoms with Gasteiger partial charge in [0.2, 0.25) is 5.91 Å². The van der Waals surface area contributed by atoms with E-state index in [4.69, 9.17) is 0 Å². The second-order valence-corrected chi connectivity index (χ2v) is 6.54. The van der Waals surface area contributed by atoms with E-state index in [0.29, 0.717) is 5.82 Å². The van der Waals surface area contributed by atoms with Gasteiger partial charge in [-0.3, -0.25) is 14.0 Å². The first kappa shape index (κ1) is 17.2. The van der Waals surface area contributed by atoms with Crippen LogP contribution in [-0.2, 0) is 11.3 Å². The Labute approximate surface area is 149 Å². The molecule has 0 bridgehead atoms. The minimum absolute atomic E-state index is 0.0216. The fourth-order valence-electron chi connectivity index (χ4n) is 2.58. The highest BCUT2D eigenvalue weighted by Gasteiger charge is 2.20. The number of thioether (sulfide) groups is 1. The summed E-state index contributed by atoms with van der Waals surface area (Å²) in [7, 11) is 0. The van der Waals surface area contributed by atoms with E-state index in [2.05, 4.69) is 15.5 Å². The van der Waals surface area contributed by atoms with Gasteiger partial charge in [0.05, 0.1) is 6.04 Å². The number of rotatable bonds is 7. The highest BCUT2D eigenvalue weighted by atomic mass is 32.2. The number of carbonyl (C=O) groups excluding carboxylic acids is 1. The van der Waals surface area contributed by atoms with E-state index in [1.54, 1.807) is 30.1 Å². The molecule has 3 heterocycles. The molecule has 130 valence electrons. The molecule has 1 amide bonds. The molecule has 25 heavy (non-hydrogen) atoms. The van der Waals surface area contributed by atoms with Crippen molar-refractivity contribution in [3.05, 3.63) is 65.0 Å². The number of nitrogens with zero attached hydrogens (tertiary/aromatic N) is 4. The van der Waals surface area contributed by atoms with Crippen molar-refractivity contribution in [3.63, 3.8) is 0 Å². The Morgan fingerprint density at radius 1 is 1.20 bits per heavy atom. The first-order valence-corrected chi connectivity index (χ1v) is 9.32. The van der Waals surface area contributed by atoms with Gasteiger partial charge in [-0.25, -0.2) is 0 Å². The number of nitrogens with one attached hydrogen (secondary N) is 1. The topological polar surface area (TPSA) is 81.3 Å². The largest absolute Gasteiger partial charge is 0.344 e. The molecule has 1 unspecified atom stereocenters. The standard InChI is InChI=1S/C17H19N5O2S/c1-25-11-8-13(17-20-19-14-6-2-5-10-22(14)17)18-15(23)12-21-9-4-3-7-16(21)24/h2-7,9-10,13H,8,11-12H2,1H3,(H,18,23). The Hall–Kier alpha value is -2.61. The van der Waals surface area contributed by atoms with Gasteiger partial charge < -0.3 is 9.88 Å². The third-order valence-electron chi connectivity index (χ3n) is 3.81. The predicted octanol–water partition coefficient (Wildman–Crippen LogP) is 1.50. The number of amides is 1. The summed E-state index contributed by atoms with van der Waals surface area (Å²) in [4.78, 5) is 24.2. The first-order chi connectivity index (χ1) is 12.2. The summed E-state index contributed by atoms with van der Waals surface area (Å²) in [6, 6.07) is 10.2. The lowest BCUT2D eigenvalue weighted by atomic mass is 10.2. The maximum absolute atomic E-state index is 12.4. The van der Waals surface area contributed by atoms with E-state index in [1.165, 1.54) is 10.6 Å². The monoisotopic (exact) mass is 357 g/mol. The van der Waals surface area contributed by atoms with E-state index in [1.807, 2.05) is 35.1 Å². The molecular formula is C17H19N5O2S. The van der Waals surface area contributed by atoms with Crippen LogP contribution < -0.4 is 10.9 Å². The lowest BCUT2D eigenvalue weighted by Gasteiger charge is -2.17. The fourth-order valence-corrected chi connectivity index (χ4v) is 3.06. The smallest absolute Gasteiger partial charge is 0.250 e. The van der Waals surface area contributed by atoms with Crippen LogP contribution in [0.15, 0.2) is 53.6 Å². The molecule has 0 aliphatic heterocycles. The molecule has 8 heteroatoms. The number of carbonyl (C=O) groups is 1. The van der Waals surface area contributed by atoms with Crippen LogP contribution in [0.3, 0.4) is 0 Å². The lowest BCUT2D eigenvalue weighted by molar-refractivity contribution is -0.122. The zero-order valence-electron chi connectivity index (χ0n) is 13.8. The molecule has 0 radical (unpaired) electrons. The Bertz CT molecular complexity index is 920. The van der Waals surface area contributed by atoms with Gasteiger partial charge in [0.15, 0.2) is 11.5 Å². The van der Waals surface area contributed by atoms with Gasteiger partial charge in [-0.1, -0.05) is 12.1 Å². The summed E-state index contributed by atoms with van der Waals surface area (Å²) < 4.78 is 3.25. The van der Waals surface area contributed by atoms with Crippen molar-refractivity contribution in [2.45, 2.75) is 19.0 Å². The highest BCUT2D eigenvalue weighted by Crippen LogP contribution is 2.18. The Balaban J connectivity index is 1.80. The first-order valence-electron chi connectivity index (χ1n) is 7.92. The zero-order valence-corrected chi connectivity index (χ0v) is 14.6. The average molecular weight is 357 g/mol. The fraction of sp³-hybridized carbons (Fsp3) is 0.294. The summed E-state index contributed by atoms with van der Waals surface area (Å²) in [6.45, 7) is -0.0216. The van der Waals surface area contributed by atoms with Crippen molar-refractivity contribution in [2.75, 3.05) is 12.0 Å². The summed E-state index contributed by atoms with van der Waals surface area (Å²) in [5, 5.41) is 11.4. The maximum Gasteiger partial charge on any atom is 0.250 e. The van der Waals surface area contributed by atoms with Gasteiger partial charge in [0.1, 0.15) is 6.54 Å². The van der Waals surface area contributed by atoms with Gasteiger partial charge in [-0.2, -0.15) is 11.8 Å². The third kappa shape index (κ3) is 4.08. The number of fused-ring (bicyclic) bond motifs is 1. The van der Waals surface area contributed by atoms with E-state index >= 15 is 0 Å². The van der Waals surface area contributed by atoms with Crippen LogP contribution in [-0.4, -0.2) is 37.1 Å². The molecule has 3 aromatic heterocycles. The van der Waals surface area contributed by atoms with Crippen molar-refractivity contribution < 1.29 is 4.79 Å². The van der Waals surface area contributed by atoms with E-state index in [0.717, 1.165) is 17.8 Å². The summed E-state index contributed by atoms with van der Waals surface area (Å²) in [5.41, 5.74) is 0.534. The van der Waals surface area contributed by atoms with Crippen LogP contribution in [0.1, 0.15) is 18.3 Å². The molecule has 0 aliphatic carbocycles. The molecule has 0 spiro atoms. The average Bonchev–Trinajstić information content (AvgIpc) is 3.04. The van der Waals surface area contributed by atoms with Crippen LogP contribution in [0, 0.1) is 0 Å². The van der Waals surface area contributed by atoms with Crippen molar-refractivity contribution in [3.8, 4) is 0 Å². The minimum atomic E-state index is -0.267. The summed E-state index contributed by atoms with van der Waals surface area (Å²) in [6.07, 6.45) is 6.23. The van der Waals surface area contributed by atoms with E-state index in [9.17, 15) is 9.59 Å². The Kier molecular flexibility index (Phi) is 5.49. The lowest BCUT2D eigenvalue weighted by Crippen LogP contribution is -2.35. The zero-order chi connectivity index (χ0) is 17.6. The molecule has 0 aliphatic rings. The van der Waals surface area contributed by atoms with Gasteiger partial charge in [0.25, 0.3) is 5.56 Å². The van der Waals surface area contributed by atoms with Crippen LogP contribution in [0.5, 0.6) is 0 Å². The molecule has 0 saturated carbocycles. The van der Waals surface area contributed by atoms with Crippen molar-refractivity contribution in [1.82, 2.24) is 24.5 Å². The van der Waals surface area contributed by atoms with E-state index in [-0.39, 0.29) is 24.1 Å². The molecule has 1 N–H and O–H groups in total. The second-order valence-electron chi connectivity index (χ2n) is 5.56. The van der Waals surface area contributed by atoms with Crippen molar-refractivity contribution in [1.29, 1.82) is 0 Å². The summed E-state index contributed by atoms with van der Waals surface area (Å²) in [5.74, 6) is 1.34. The SMILES string of the molecule is CSCCC(NC(=O)Cn1ccccc1=O)c1nnc2ccccn12. The van der Waals surface area contributed by atoms with Crippen molar-refractivity contribution in [2.24, 2.45) is 0 Å². The van der Waals surface area contributed by atoms with Crippen LogP contribution in [0.4, 0.5) is 0 Å². The molecule has 0 aromatic carbocycles. The quantitative estimate of drug-likeness (QED) is 0.693. The molecule has 3 rings (SSSR count). The Morgan fingerprint density at radius 2 is 2.00 bits per heavy atom. The molecule has 7 nitrogen and oxygen atoms in total. The maximum atomic E-state index is 12.4. The number of hydrogen-bond donors (Lipinski definition) is 1. The molecule has 0 saturated heterocycles. The van der Waals surface area contributed by atoms with Gasteiger partial charge in [0, 0.05) is 18.5 Å². The highest BCUT2D eigenvalue weighted by molar-refractivity contribution is 7.98. The number of pyridine rings is 2. The summed E-state index contributed by atoms with van der Waals surface area (Å²) >= 11 is 1.70. The predicted molar refractivity (Wildman–Crippen MR) is 97.6 cm³/mol. The van der Waals surface area contributed by atoms with Crippen molar-refractivity contribution >= 4 is 23.3 Å². The molecule has 1 atom stereocenters. The van der Waals surface area contributed by atoms with Gasteiger partial charge >= 0.3 is 0 Å². The van der Waals surface area contributed by atoms with E-state index < -0.39 is 0 Å². The van der Waals surface area contributed by atoms with Gasteiger partial charge in [-0.15, -0.1) is 10.2 Å². The number of hydrogen-bond acceptors (Lipinski definition) is 5. The molecule has 0 fully saturated rings. The normalized spacial score (nSPS) is 12.2. The number of aromatic nitrogens is 4. The second kappa shape index (κ2) is 7.98. The Morgan fingerprint density at radius 3 is 2.80 bits per heavy atom. The van der Waals surface area contributed by atoms with Crippen LogP contribution in [0.25, 0.3) is 5.65 Å².